The van der Waals surface area contributed by atoms with Crippen LogP contribution in [0.15, 0.2) is 47.8 Å². The van der Waals surface area contributed by atoms with Gasteiger partial charge in [-0.15, -0.1) is 11.3 Å². The highest BCUT2D eigenvalue weighted by atomic mass is 32.1. The van der Waals surface area contributed by atoms with Crippen LogP contribution in [0.25, 0.3) is 32.6 Å². The monoisotopic (exact) mass is 518 g/mol. The van der Waals surface area contributed by atoms with Gasteiger partial charge in [0, 0.05) is 41.2 Å². The lowest BCUT2D eigenvalue weighted by molar-refractivity contribution is -0.0760. The van der Waals surface area contributed by atoms with Crippen LogP contribution in [0, 0.1) is 12.8 Å². The molecule has 0 spiro atoms. The Kier molecular flexibility index (Phi) is 7.85. The van der Waals surface area contributed by atoms with Gasteiger partial charge in [-0.1, -0.05) is 43.7 Å². The number of amides is 2. The molecule has 0 aliphatic rings. The van der Waals surface area contributed by atoms with E-state index in [1.54, 1.807) is 12.4 Å². The average Bonchev–Trinajstić information content (AvgIpc) is 3.36. The number of thiazole rings is 1. The Morgan fingerprint density at radius 1 is 1.11 bits per heavy atom. The van der Waals surface area contributed by atoms with Gasteiger partial charge in [0.05, 0.1) is 12.6 Å². The third-order valence-electron chi connectivity index (χ3n) is 6.06. The smallest absolute Gasteiger partial charge is 0.404 e. The third kappa shape index (κ3) is 5.79. The van der Waals surface area contributed by atoms with Gasteiger partial charge in [0.25, 0.3) is 5.91 Å². The largest absolute Gasteiger partial charge is 0.465 e. The molecule has 0 radical (unpaired) electrons. The zero-order chi connectivity index (χ0) is 26.7. The van der Waals surface area contributed by atoms with Crippen LogP contribution in [0.4, 0.5) is 4.79 Å². The quantitative estimate of drug-likeness (QED) is 0.280. The van der Waals surface area contributed by atoms with Gasteiger partial charge in [-0.05, 0) is 48.6 Å². The summed E-state index contributed by atoms with van der Waals surface area (Å²) in [5.74, 6) is 0.0170. The van der Waals surface area contributed by atoms with Gasteiger partial charge >= 0.3 is 6.09 Å². The number of carboxylic acid groups (broad SMARTS) is 1. The summed E-state index contributed by atoms with van der Waals surface area (Å²) in [6.45, 7) is 6.42. The third-order valence-corrected chi connectivity index (χ3v) is 6.95. The number of hydrogen-bond acceptors (Lipinski definition) is 6. The minimum atomic E-state index is -1.08. The number of fused-ring (bicyclic) bond motifs is 1. The molecule has 2 aromatic carbocycles. The number of hydrogen-bond donors (Lipinski definition) is 2. The number of carbonyl (C=O) groups excluding carboxylic acids is 1. The molecule has 0 aliphatic carbocycles. The van der Waals surface area contributed by atoms with Crippen molar-refractivity contribution in [3.05, 3.63) is 70.4 Å². The van der Waals surface area contributed by atoms with Gasteiger partial charge in [0.2, 0.25) is 0 Å². The van der Waals surface area contributed by atoms with Crippen LogP contribution in [-0.4, -0.2) is 46.3 Å². The standard InChI is InChI=1S/C28H30N4O4S/c1-16(2)12-23-21(14-29-28(34)35)25(18-8-6-17(3)7-9-18)20-13-19(10-11-22(20)30-23)26-31-24(15-37-26)27(33)32(4)36-5/h6-11,13,15-16,29H,12,14H2,1-5H3,(H,34,35). The minimum absolute atomic E-state index is 0.146. The Hall–Kier alpha value is -3.82. The number of carbonyl (C=O) groups is 2. The first-order valence-corrected chi connectivity index (χ1v) is 12.8. The number of aromatic nitrogens is 2. The first kappa shape index (κ1) is 26.2. The number of pyridine rings is 1. The van der Waals surface area contributed by atoms with Crippen molar-refractivity contribution in [2.75, 3.05) is 14.2 Å². The van der Waals surface area contributed by atoms with Crippen LogP contribution in [0.2, 0.25) is 0 Å². The molecule has 0 fully saturated rings. The van der Waals surface area contributed by atoms with Crippen molar-refractivity contribution < 1.29 is 19.5 Å². The number of nitrogens with zero attached hydrogens (tertiary/aromatic N) is 3. The van der Waals surface area contributed by atoms with Gasteiger partial charge in [0.1, 0.15) is 10.7 Å². The number of rotatable bonds is 8. The molecule has 4 aromatic rings. The van der Waals surface area contributed by atoms with Crippen molar-refractivity contribution in [3.8, 4) is 21.7 Å². The van der Waals surface area contributed by atoms with Gasteiger partial charge < -0.3 is 10.4 Å². The van der Waals surface area contributed by atoms with Crippen molar-refractivity contribution >= 4 is 34.2 Å². The van der Waals surface area contributed by atoms with Crippen LogP contribution >= 0.6 is 11.3 Å². The van der Waals surface area contributed by atoms with E-state index in [4.69, 9.17) is 9.82 Å². The van der Waals surface area contributed by atoms with Crippen molar-refractivity contribution in [2.24, 2.45) is 5.92 Å². The number of benzene rings is 2. The van der Waals surface area contributed by atoms with Crippen LogP contribution in [-0.2, 0) is 17.8 Å². The fourth-order valence-electron chi connectivity index (χ4n) is 4.20. The van der Waals surface area contributed by atoms with Gasteiger partial charge in [-0.25, -0.2) is 14.8 Å². The Morgan fingerprint density at radius 3 is 2.46 bits per heavy atom. The number of hydroxylamine groups is 2. The normalized spacial score (nSPS) is 11.2. The molecule has 8 nitrogen and oxygen atoms in total. The maximum Gasteiger partial charge on any atom is 0.404 e. The predicted octanol–water partition coefficient (Wildman–Crippen LogP) is 5.93. The topological polar surface area (TPSA) is 105 Å². The van der Waals surface area contributed by atoms with Gasteiger partial charge in [-0.3, -0.25) is 14.6 Å². The molecule has 2 aromatic heterocycles. The molecule has 37 heavy (non-hydrogen) atoms. The first-order valence-electron chi connectivity index (χ1n) is 11.9. The first-order chi connectivity index (χ1) is 17.7. The lowest BCUT2D eigenvalue weighted by Crippen LogP contribution is -2.25. The molecule has 0 saturated heterocycles. The predicted molar refractivity (Wildman–Crippen MR) is 146 cm³/mol. The lowest BCUT2D eigenvalue weighted by Gasteiger charge is -2.19. The molecule has 0 saturated carbocycles. The molecule has 2 N–H and O–H groups in total. The van der Waals surface area contributed by atoms with E-state index in [0.29, 0.717) is 16.6 Å². The summed E-state index contributed by atoms with van der Waals surface area (Å²) >= 11 is 1.38. The molecule has 0 bridgehead atoms. The fraction of sp³-hybridized carbons (Fsp3) is 0.286. The van der Waals surface area contributed by atoms with E-state index in [2.05, 4.69) is 36.3 Å². The SMILES string of the molecule is CON(C)C(=O)c1csc(-c2ccc3nc(CC(C)C)c(CNC(=O)O)c(-c4ccc(C)cc4)c3c2)n1. The van der Waals surface area contributed by atoms with E-state index >= 15 is 0 Å². The highest BCUT2D eigenvalue weighted by molar-refractivity contribution is 7.13. The highest BCUT2D eigenvalue weighted by Crippen LogP contribution is 2.37. The van der Waals surface area contributed by atoms with E-state index in [1.165, 1.54) is 18.4 Å². The number of nitrogens with one attached hydrogen (secondary N) is 1. The summed E-state index contributed by atoms with van der Waals surface area (Å²) < 4.78 is 0. The molecule has 0 aliphatic heterocycles. The Bertz CT molecular complexity index is 1450. The molecule has 2 amide bonds. The number of aryl methyl sites for hydroxylation is 1. The van der Waals surface area contributed by atoms with E-state index in [1.807, 2.05) is 37.3 Å². The average molecular weight is 519 g/mol. The van der Waals surface area contributed by atoms with Gasteiger partial charge in [-0.2, -0.15) is 0 Å². The van der Waals surface area contributed by atoms with E-state index in [0.717, 1.165) is 55.9 Å². The lowest BCUT2D eigenvalue weighted by atomic mass is 9.90. The van der Waals surface area contributed by atoms with E-state index < -0.39 is 6.09 Å². The zero-order valence-electron chi connectivity index (χ0n) is 21.5. The summed E-state index contributed by atoms with van der Waals surface area (Å²) in [5.41, 5.74) is 6.78. The second kappa shape index (κ2) is 11.1. The Morgan fingerprint density at radius 2 is 1.81 bits per heavy atom. The van der Waals surface area contributed by atoms with Crippen molar-refractivity contribution in [1.29, 1.82) is 0 Å². The van der Waals surface area contributed by atoms with Crippen LogP contribution in [0.1, 0.15) is 41.2 Å². The molecule has 192 valence electrons. The summed E-state index contributed by atoms with van der Waals surface area (Å²) in [4.78, 5) is 38.4. The molecule has 0 atom stereocenters. The molecule has 0 unspecified atom stereocenters. The maximum atomic E-state index is 12.5. The van der Waals surface area contributed by atoms with Crippen molar-refractivity contribution in [3.63, 3.8) is 0 Å². The maximum absolute atomic E-state index is 12.5. The van der Waals surface area contributed by atoms with Gasteiger partial charge in [0.15, 0.2) is 0 Å². The molecule has 9 heteroatoms. The molecule has 4 rings (SSSR count). The molecule has 2 heterocycles. The summed E-state index contributed by atoms with van der Waals surface area (Å²) in [5, 5.41) is 16.4. The second-order valence-electron chi connectivity index (χ2n) is 9.29. The van der Waals surface area contributed by atoms with Crippen molar-refractivity contribution in [1.82, 2.24) is 20.3 Å². The highest BCUT2D eigenvalue weighted by Gasteiger charge is 2.20. The Labute approximate surface area is 219 Å². The summed E-state index contributed by atoms with van der Waals surface area (Å²) in [6, 6.07) is 14.1. The van der Waals surface area contributed by atoms with Crippen LogP contribution in [0.5, 0.6) is 0 Å². The Balaban J connectivity index is 1.93. The van der Waals surface area contributed by atoms with Crippen LogP contribution in [0.3, 0.4) is 0 Å². The summed E-state index contributed by atoms with van der Waals surface area (Å²) in [6.07, 6.45) is -0.363. The second-order valence-corrected chi connectivity index (χ2v) is 10.1. The molecular formula is C28H30N4O4S. The summed E-state index contributed by atoms with van der Waals surface area (Å²) in [7, 11) is 2.97. The zero-order valence-corrected chi connectivity index (χ0v) is 22.3. The minimum Gasteiger partial charge on any atom is -0.465 e. The fourth-order valence-corrected chi connectivity index (χ4v) is 4.99. The van der Waals surface area contributed by atoms with E-state index in [-0.39, 0.29) is 12.5 Å². The van der Waals surface area contributed by atoms with Crippen LogP contribution < -0.4 is 5.32 Å². The van der Waals surface area contributed by atoms with Crippen molar-refractivity contribution in [2.45, 2.75) is 33.7 Å². The van der Waals surface area contributed by atoms with E-state index in [9.17, 15) is 14.7 Å². The molecular weight excluding hydrogens is 488 g/mol.